The second kappa shape index (κ2) is 5.33. The Labute approximate surface area is 108 Å². The molecule has 0 spiro atoms. The van der Waals surface area contributed by atoms with E-state index in [9.17, 15) is 0 Å². The quantitative estimate of drug-likeness (QED) is 0.639. The van der Waals surface area contributed by atoms with Gasteiger partial charge in [0.05, 0.1) is 0 Å². The molecule has 4 nitrogen and oxygen atoms in total. The maximum atomic E-state index is 5.74. The number of imidazole rings is 1. The van der Waals surface area contributed by atoms with Gasteiger partial charge in [-0.25, -0.2) is 10.4 Å². The van der Waals surface area contributed by atoms with Gasteiger partial charge < -0.3 is 4.57 Å². The van der Waals surface area contributed by atoms with Crippen LogP contribution < -0.4 is 11.3 Å². The molecule has 2 rings (SSSR count). The molecular formula is C14H20N4. The zero-order valence-electron chi connectivity index (χ0n) is 11.1. The standard InChI is InChI=1S/C14H20N4/c1-4-18-8-7-16-14(18)13(17-15)12-9-10(2)5-6-11(12)3/h5-9,13,17H,4,15H2,1-3H3. The number of benzene rings is 1. The smallest absolute Gasteiger partial charge is 0.131 e. The highest BCUT2D eigenvalue weighted by molar-refractivity contribution is 5.36. The maximum absolute atomic E-state index is 5.74. The van der Waals surface area contributed by atoms with Crippen molar-refractivity contribution in [3.63, 3.8) is 0 Å². The van der Waals surface area contributed by atoms with Gasteiger partial charge in [-0.3, -0.25) is 5.84 Å². The first kappa shape index (κ1) is 12.8. The Morgan fingerprint density at radius 3 is 2.83 bits per heavy atom. The highest BCUT2D eigenvalue weighted by atomic mass is 15.3. The van der Waals surface area contributed by atoms with Gasteiger partial charge in [0.1, 0.15) is 11.9 Å². The number of nitrogens with zero attached hydrogens (tertiary/aromatic N) is 2. The van der Waals surface area contributed by atoms with E-state index in [1.807, 2.05) is 12.4 Å². The van der Waals surface area contributed by atoms with Gasteiger partial charge >= 0.3 is 0 Å². The van der Waals surface area contributed by atoms with Crippen LogP contribution in [0.4, 0.5) is 0 Å². The van der Waals surface area contributed by atoms with Crippen LogP contribution in [0.1, 0.15) is 35.5 Å². The lowest BCUT2D eigenvalue weighted by molar-refractivity contribution is 0.558. The van der Waals surface area contributed by atoms with E-state index in [4.69, 9.17) is 5.84 Å². The van der Waals surface area contributed by atoms with Crippen molar-refractivity contribution in [3.8, 4) is 0 Å². The fourth-order valence-electron chi connectivity index (χ4n) is 2.22. The number of aromatic nitrogens is 2. The summed E-state index contributed by atoms with van der Waals surface area (Å²) in [5, 5.41) is 0. The fourth-order valence-corrected chi connectivity index (χ4v) is 2.22. The molecule has 0 amide bonds. The van der Waals surface area contributed by atoms with E-state index in [0.717, 1.165) is 12.4 Å². The van der Waals surface area contributed by atoms with Gasteiger partial charge in [-0.2, -0.15) is 0 Å². The molecule has 0 radical (unpaired) electrons. The van der Waals surface area contributed by atoms with Crippen molar-refractivity contribution in [2.75, 3.05) is 0 Å². The van der Waals surface area contributed by atoms with E-state index in [1.165, 1.54) is 16.7 Å². The minimum Gasteiger partial charge on any atom is -0.334 e. The van der Waals surface area contributed by atoms with Gasteiger partial charge in [-0.05, 0) is 31.9 Å². The molecule has 1 atom stereocenters. The molecule has 0 bridgehead atoms. The summed E-state index contributed by atoms with van der Waals surface area (Å²) in [5.74, 6) is 6.69. The summed E-state index contributed by atoms with van der Waals surface area (Å²) in [6.45, 7) is 7.17. The number of aryl methyl sites for hydroxylation is 3. The summed E-state index contributed by atoms with van der Waals surface area (Å²) in [7, 11) is 0. The number of rotatable bonds is 4. The van der Waals surface area contributed by atoms with Crippen molar-refractivity contribution in [3.05, 3.63) is 53.1 Å². The van der Waals surface area contributed by atoms with Crippen molar-refractivity contribution >= 4 is 0 Å². The summed E-state index contributed by atoms with van der Waals surface area (Å²) in [6, 6.07) is 6.32. The largest absolute Gasteiger partial charge is 0.334 e. The molecule has 0 aliphatic rings. The van der Waals surface area contributed by atoms with Crippen LogP contribution in [0.15, 0.2) is 30.6 Å². The Balaban J connectivity index is 2.48. The lowest BCUT2D eigenvalue weighted by atomic mass is 9.98. The molecule has 0 aliphatic heterocycles. The van der Waals surface area contributed by atoms with Crippen LogP contribution in [0, 0.1) is 13.8 Å². The average molecular weight is 244 g/mol. The van der Waals surface area contributed by atoms with Crippen LogP contribution in [0.3, 0.4) is 0 Å². The van der Waals surface area contributed by atoms with Crippen LogP contribution in [-0.4, -0.2) is 9.55 Å². The van der Waals surface area contributed by atoms with E-state index in [-0.39, 0.29) is 6.04 Å². The molecule has 0 aliphatic carbocycles. The van der Waals surface area contributed by atoms with Crippen LogP contribution >= 0.6 is 0 Å². The lowest BCUT2D eigenvalue weighted by Gasteiger charge is -2.19. The molecule has 3 N–H and O–H groups in total. The maximum Gasteiger partial charge on any atom is 0.131 e. The Morgan fingerprint density at radius 1 is 1.39 bits per heavy atom. The average Bonchev–Trinajstić information content (AvgIpc) is 2.83. The topological polar surface area (TPSA) is 55.9 Å². The number of hydrogen-bond donors (Lipinski definition) is 2. The molecule has 18 heavy (non-hydrogen) atoms. The predicted octanol–water partition coefficient (Wildman–Crippen LogP) is 2.07. The highest BCUT2D eigenvalue weighted by Gasteiger charge is 2.19. The van der Waals surface area contributed by atoms with Gasteiger partial charge in [0.25, 0.3) is 0 Å². The summed E-state index contributed by atoms with van der Waals surface area (Å²) >= 11 is 0. The van der Waals surface area contributed by atoms with Gasteiger partial charge in [-0.15, -0.1) is 0 Å². The Hall–Kier alpha value is -1.65. The first-order valence-corrected chi connectivity index (χ1v) is 6.21. The second-order valence-corrected chi connectivity index (χ2v) is 4.53. The SMILES string of the molecule is CCn1ccnc1C(NN)c1cc(C)ccc1C. The second-order valence-electron chi connectivity index (χ2n) is 4.53. The number of nitrogens with two attached hydrogens (primary N) is 1. The van der Waals surface area contributed by atoms with Crippen molar-refractivity contribution in [2.24, 2.45) is 5.84 Å². The van der Waals surface area contributed by atoms with E-state index < -0.39 is 0 Å². The monoisotopic (exact) mass is 244 g/mol. The Morgan fingerprint density at radius 2 is 2.17 bits per heavy atom. The molecule has 96 valence electrons. The van der Waals surface area contributed by atoms with E-state index in [2.05, 4.69) is 53.9 Å². The summed E-state index contributed by atoms with van der Waals surface area (Å²) in [5.41, 5.74) is 6.50. The van der Waals surface area contributed by atoms with Crippen LogP contribution in [0.5, 0.6) is 0 Å². The van der Waals surface area contributed by atoms with Crippen molar-refractivity contribution in [2.45, 2.75) is 33.4 Å². The van der Waals surface area contributed by atoms with Crippen molar-refractivity contribution in [1.82, 2.24) is 15.0 Å². The minimum atomic E-state index is -0.0696. The van der Waals surface area contributed by atoms with Crippen LogP contribution in [0.2, 0.25) is 0 Å². The summed E-state index contributed by atoms with van der Waals surface area (Å²) in [4.78, 5) is 4.43. The Bertz CT molecular complexity index is 530. The van der Waals surface area contributed by atoms with Crippen molar-refractivity contribution in [1.29, 1.82) is 0 Å². The lowest BCUT2D eigenvalue weighted by Crippen LogP contribution is -2.31. The third-order valence-corrected chi connectivity index (χ3v) is 3.26. The highest BCUT2D eigenvalue weighted by Crippen LogP contribution is 2.24. The molecule has 0 fully saturated rings. The zero-order valence-corrected chi connectivity index (χ0v) is 11.1. The Kier molecular flexibility index (Phi) is 3.79. The molecule has 1 aromatic heterocycles. The summed E-state index contributed by atoms with van der Waals surface area (Å²) in [6.07, 6.45) is 3.79. The van der Waals surface area contributed by atoms with Crippen molar-refractivity contribution < 1.29 is 0 Å². The van der Waals surface area contributed by atoms with Gasteiger partial charge in [0.15, 0.2) is 0 Å². The predicted molar refractivity (Wildman–Crippen MR) is 73.0 cm³/mol. The van der Waals surface area contributed by atoms with Gasteiger partial charge in [0, 0.05) is 18.9 Å². The molecule has 0 saturated heterocycles. The van der Waals surface area contributed by atoms with Gasteiger partial charge in [-0.1, -0.05) is 23.8 Å². The molecule has 1 aromatic carbocycles. The molecule has 4 heteroatoms. The molecular weight excluding hydrogens is 224 g/mol. The van der Waals surface area contributed by atoms with E-state index >= 15 is 0 Å². The molecule has 2 aromatic rings. The first-order chi connectivity index (χ1) is 8.67. The number of nitrogens with one attached hydrogen (secondary N) is 1. The van der Waals surface area contributed by atoms with E-state index in [1.54, 1.807) is 0 Å². The molecule has 1 unspecified atom stereocenters. The van der Waals surface area contributed by atoms with Crippen LogP contribution in [-0.2, 0) is 6.54 Å². The van der Waals surface area contributed by atoms with Crippen LogP contribution in [0.25, 0.3) is 0 Å². The summed E-state index contributed by atoms with van der Waals surface area (Å²) < 4.78 is 2.10. The first-order valence-electron chi connectivity index (χ1n) is 6.21. The normalized spacial score (nSPS) is 12.7. The molecule has 0 saturated carbocycles. The number of hydrogen-bond acceptors (Lipinski definition) is 3. The third-order valence-electron chi connectivity index (χ3n) is 3.26. The fraction of sp³-hybridized carbons (Fsp3) is 0.357. The zero-order chi connectivity index (χ0) is 13.1. The molecule has 1 heterocycles. The van der Waals surface area contributed by atoms with Gasteiger partial charge in [0.2, 0.25) is 0 Å². The minimum absolute atomic E-state index is 0.0696. The number of hydrazine groups is 1. The third kappa shape index (κ3) is 2.30. The van der Waals surface area contributed by atoms with E-state index in [0.29, 0.717) is 0 Å².